The standard InChI is InChI=1S/C22H26FN3.ClH/c1-15(2)11-13-26-17(4)16(3)20-10-12-24-22(21(20)26)25(5)14-18-6-8-19(23)9-7-18;/h6-12H,13-14H2,1-5H3;1H. The van der Waals surface area contributed by atoms with Crippen LogP contribution in [0.3, 0.4) is 0 Å². The van der Waals surface area contributed by atoms with Crippen LogP contribution in [0, 0.1) is 19.7 Å². The van der Waals surface area contributed by atoms with E-state index in [0.29, 0.717) is 6.54 Å². The maximum atomic E-state index is 13.2. The Kier molecular flexibility index (Phi) is 6.66. The van der Waals surface area contributed by atoms with E-state index in [1.54, 1.807) is 0 Å². The van der Waals surface area contributed by atoms with Crippen molar-refractivity contribution in [3.8, 4) is 0 Å². The largest absolute Gasteiger partial charge is 0.354 e. The van der Waals surface area contributed by atoms with E-state index in [1.165, 1.54) is 34.3 Å². The van der Waals surface area contributed by atoms with E-state index in [9.17, 15) is 4.39 Å². The Labute approximate surface area is 166 Å². The number of aryl methyl sites for hydroxylation is 1. The summed E-state index contributed by atoms with van der Waals surface area (Å²) >= 11 is 0. The minimum atomic E-state index is -0.210. The summed E-state index contributed by atoms with van der Waals surface area (Å²) in [6.07, 6.45) is 4.11. The summed E-state index contributed by atoms with van der Waals surface area (Å²) in [7, 11) is 2.04. The SMILES string of the molecule is CC(C)=CCn1c(C)c(C)c2ccnc(N(C)Cc3ccc(F)cc3)c21.Cl. The van der Waals surface area contributed by atoms with Gasteiger partial charge in [0.05, 0.1) is 5.52 Å². The Hall–Kier alpha value is -2.33. The summed E-state index contributed by atoms with van der Waals surface area (Å²) in [6, 6.07) is 8.74. The first kappa shape index (κ1) is 21.0. The smallest absolute Gasteiger partial charge is 0.153 e. The van der Waals surface area contributed by atoms with E-state index in [1.807, 2.05) is 25.4 Å². The van der Waals surface area contributed by atoms with E-state index in [0.717, 1.165) is 23.4 Å². The zero-order valence-electron chi connectivity index (χ0n) is 16.6. The van der Waals surface area contributed by atoms with E-state index in [4.69, 9.17) is 0 Å². The van der Waals surface area contributed by atoms with E-state index >= 15 is 0 Å². The summed E-state index contributed by atoms with van der Waals surface area (Å²) in [6.45, 7) is 10.1. The second-order valence-electron chi connectivity index (χ2n) is 7.12. The Morgan fingerprint density at radius 3 is 2.44 bits per heavy atom. The van der Waals surface area contributed by atoms with Crippen molar-refractivity contribution in [2.75, 3.05) is 11.9 Å². The average Bonchev–Trinajstić information content (AvgIpc) is 2.86. The molecule has 0 radical (unpaired) electrons. The van der Waals surface area contributed by atoms with Crippen molar-refractivity contribution in [1.29, 1.82) is 0 Å². The molecule has 2 heterocycles. The number of benzene rings is 1. The van der Waals surface area contributed by atoms with Crippen molar-refractivity contribution < 1.29 is 4.39 Å². The van der Waals surface area contributed by atoms with Crippen LogP contribution in [0.15, 0.2) is 48.2 Å². The van der Waals surface area contributed by atoms with Crippen LogP contribution in [-0.4, -0.2) is 16.6 Å². The van der Waals surface area contributed by atoms with Gasteiger partial charge in [-0.1, -0.05) is 23.8 Å². The molecule has 0 aliphatic carbocycles. The monoisotopic (exact) mass is 387 g/mol. The lowest BCUT2D eigenvalue weighted by atomic mass is 10.2. The molecule has 0 spiro atoms. The van der Waals surface area contributed by atoms with Gasteiger partial charge in [-0.05, 0) is 57.0 Å². The lowest BCUT2D eigenvalue weighted by Crippen LogP contribution is -2.19. The van der Waals surface area contributed by atoms with Gasteiger partial charge in [0.25, 0.3) is 0 Å². The third-order valence-electron chi connectivity index (χ3n) is 4.90. The Morgan fingerprint density at radius 1 is 1.15 bits per heavy atom. The first-order chi connectivity index (χ1) is 12.4. The molecule has 3 aromatic rings. The zero-order chi connectivity index (χ0) is 18.8. The van der Waals surface area contributed by atoms with Crippen LogP contribution in [0.5, 0.6) is 0 Å². The van der Waals surface area contributed by atoms with Gasteiger partial charge in [-0.25, -0.2) is 9.37 Å². The molecular formula is C22H27ClFN3. The molecule has 0 saturated carbocycles. The molecule has 3 rings (SSSR count). The lowest BCUT2D eigenvalue weighted by Gasteiger charge is -2.20. The summed E-state index contributed by atoms with van der Waals surface area (Å²) in [5.74, 6) is 0.739. The maximum Gasteiger partial charge on any atom is 0.153 e. The number of aromatic nitrogens is 2. The second-order valence-corrected chi connectivity index (χ2v) is 7.12. The number of anilines is 1. The number of pyridine rings is 1. The van der Waals surface area contributed by atoms with Crippen molar-refractivity contribution >= 4 is 29.1 Å². The Bertz CT molecular complexity index is 954. The van der Waals surface area contributed by atoms with Gasteiger partial charge >= 0.3 is 0 Å². The van der Waals surface area contributed by atoms with E-state index in [2.05, 4.69) is 54.3 Å². The quantitative estimate of drug-likeness (QED) is 0.514. The molecule has 0 aliphatic rings. The van der Waals surface area contributed by atoms with Gasteiger partial charge < -0.3 is 9.47 Å². The molecule has 1 aromatic carbocycles. The van der Waals surface area contributed by atoms with E-state index in [-0.39, 0.29) is 18.2 Å². The van der Waals surface area contributed by atoms with Crippen molar-refractivity contribution in [2.24, 2.45) is 0 Å². The molecule has 0 aliphatic heterocycles. The Morgan fingerprint density at radius 2 is 1.81 bits per heavy atom. The minimum absolute atomic E-state index is 0. The number of rotatable bonds is 5. The molecule has 0 amide bonds. The van der Waals surface area contributed by atoms with Gasteiger partial charge in [-0.15, -0.1) is 12.4 Å². The van der Waals surface area contributed by atoms with Crippen molar-refractivity contribution in [3.63, 3.8) is 0 Å². The number of hydrogen-bond donors (Lipinski definition) is 0. The number of hydrogen-bond acceptors (Lipinski definition) is 2. The summed E-state index contributed by atoms with van der Waals surface area (Å²) in [5, 5.41) is 1.24. The highest BCUT2D eigenvalue weighted by Gasteiger charge is 2.17. The van der Waals surface area contributed by atoms with Gasteiger partial charge in [0.2, 0.25) is 0 Å². The fraction of sp³-hybridized carbons (Fsp3) is 0.318. The molecule has 0 bridgehead atoms. The van der Waals surface area contributed by atoms with Crippen LogP contribution in [0.1, 0.15) is 30.7 Å². The third-order valence-corrected chi connectivity index (χ3v) is 4.90. The highest BCUT2D eigenvalue weighted by Crippen LogP contribution is 2.31. The lowest BCUT2D eigenvalue weighted by molar-refractivity contribution is 0.627. The predicted octanol–water partition coefficient (Wildman–Crippen LogP) is 5.82. The first-order valence-corrected chi connectivity index (χ1v) is 8.92. The molecule has 0 saturated heterocycles. The minimum Gasteiger partial charge on any atom is -0.354 e. The molecule has 3 nitrogen and oxygen atoms in total. The predicted molar refractivity (Wildman–Crippen MR) is 114 cm³/mol. The molecule has 5 heteroatoms. The van der Waals surface area contributed by atoms with Gasteiger partial charge in [0, 0.05) is 37.4 Å². The first-order valence-electron chi connectivity index (χ1n) is 8.92. The molecule has 0 unspecified atom stereocenters. The van der Waals surface area contributed by atoms with Crippen LogP contribution in [0.25, 0.3) is 10.9 Å². The van der Waals surface area contributed by atoms with Gasteiger partial charge in [-0.2, -0.15) is 0 Å². The fourth-order valence-electron chi connectivity index (χ4n) is 3.30. The summed E-state index contributed by atoms with van der Waals surface area (Å²) in [5.41, 5.74) is 6.07. The number of fused-ring (bicyclic) bond motifs is 1. The molecule has 0 N–H and O–H groups in total. The zero-order valence-corrected chi connectivity index (χ0v) is 17.4. The number of nitrogens with zero attached hydrogens (tertiary/aromatic N) is 3. The Balaban J connectivity index is 0.00000261. The average molecular weight is 388 g/mol. The normalized spacial score (nSPS) is 10.6. The molecule has 2 aromatic heterocycles. The number of halogens is 2. The van der Waals surface area contributed by atoms with Crippen LogP contribution >= 0.6 is 12.4 Å². The molecule has 0 fully saturated rings. The van der Waals surface area contributed by atoms with Crippen LogP contribution < -0.4 is 4.90 Å². The van der Waals surface area contributed by atoms with Crippen molar-refractivity contribution in [2.45, 2.75) is 40.8 Å². The summed E-state index contributed by atoms with van der Waals surface area (Å²) < 4.78 is 15.5. The van der Waals surface area contributed by atoms with Gasteiger partial charge in [-0.3, -0.25) is 0 Å². The highest BCUT2D eigenvalue weighted by atomic mass is 35.5. The number of allylic oxidation sites excluding steroid dienone is 2. The maximum absolute atomic E-state index is 13.2. The topological polar surface area (TPSA) is 21.1 Å². The highest BCUT2D eigenvalue weighted by molar-refractivity contribution is 5.93. The van der Waals surface area contributed by atoms with Gasteiger partial charge in [0.15, 0.2) is 5.82 Å². The van der Waals surface area contributed by atoms with Crippen molar-refractivity contribution in [1.82, 2.24) is 9.55 Å². The van der Waals surface area contributed by atoms with E-state index < -0.39 is 0 Å². The molecule has 144 valence electrons. The summed E-state index contributed by atoms with van der Waals surface area (Å²) in [4.78, 5) is 6.81. The molecule has 27 heavy (non-hydrogen) atoms. The van der Waals surface area contributed by atoms with Crippen LogP contribution in [0.4, 0.5) is 10.2 Å². The van der Waals surface area contributed by atoms with Crippen molar-refractivity contribution in [3.05, 3.63) is 70.8 Å². The fourth-order valence-corrected chi connectivity index (χ4v) is 3.30. The third kappa shape index (κ3) is 4.33. The van der Waals surface area contributed by atoms with Crippen LogP contribution in [-0.2, 0) is 13.1 Å². The van der Waals surface area contributed by atoms with Crippen LogP contribution in [0.2, 0.25) is 0 Å². The molecular weight excluding hydrogens is 361 g/mol. The molecule has 0 atom stereocenters. The van der Waals surface area contributed by atoms with Gasteiger partial charge in [0.1, 0.15) is 5.82 Å². The second kappa shape index (κ2) is 8.57.